The zero-order valence-corrected chi connectivity index (χ0v) is 18.9. The smallest absolute Gasteiger partial charge is 0.344 e. The van der Waals surface area contributed by atoms with Crippen LogP contribution in [0.3, 0.4) is 0 Å². The van der Waals surface area contributed by atoms with Crippen molar-refractivity contribution in [3.8, 4) is 11.5 Å². The summed E-state index contributed by atoms with van der Waals surface area (Å²) in [6.45, 7) is 4.41. The van der Waals surface area contributed by atoms with Crippen molar-refractivity contribution >= 4 is 34.7 Å². The summed E-state index contributed by atoms with van der Waals surface area (Å²) in [7, 11) is 0. The fraction of sp³-hybridized carbons (Fsp3) is 0.391. The van der Waals surface area contributed by atoms with Crippen LogP contribution in [0.4, 0.5) is 0 Å². The van der Waals surface area contributed by atoms with Crippen molar-refractivity contribution in [2.45, 2.75) is 13.8 Å². The number of benzene rings is 1. The van der Waals surface area contributed by atoms with E-state index in [9.17, 15) is 14.4 Å². The largest absolute Gasteiger partial charge is 0.493 e. The second-order valence-corrected chi connectivity index (χ2v) is 7.83. The second kappa shape index (κ2) is 10.4. The summed E-state index contributed by atoms with van der Waals surface area (Å²) in [6.07, 6.45) is 5.38. The van der Waals surface area contributed by atoms with Crippen molar-refractivity contribution in [3.63, 3.8) is 0 Å². The van der Waals surface area contributed by atoms with Crippen LogP contribution < -0.4 is 15.2 Å². The van der Waals surface area contributed by atoms with Gasteiger partial charge >= 0.3 is 5.97 Å². The maximum absolute atomic E-state index is 13.0. The predicted octanol–water partition coefficient (Wildman–Crippen LogP) is 2.07. The third kappa shape index (κ3) is 5.34. The number of ether oxygens (including phenoxy) is 3. The zero-order chi connectivity index (χ0) is 23.3. The minimum atomic E-state index is -0.561. The molecule has 2 aliphatic rings. The maximum Gasteiger partial charge on any atom is 0.344 e. The van der Waals surface area contributed by atoms with Crippen molar-refractivity contribution in [2.75, 3.05) is 32.9 Å². The van der Waals surface area contributed by atoms with Crippen LogP contribution in [0.5, 0.6) is 11.5 Å². The van der Waals surface area contributed by atoms with Crippen LogP contribution in [0.2, 0.25) is 0 Å². The van der Waals surface area contributed by atoms with Gasteiger partial charge in [0, 0.05) is 18.8 Å². The first-order chi connectivity index (χ1) is 15.3. The molecule has 2 N–H and O–H groups in total. The molecule has 0 saturated heterocycles. The van der Waals surface area contributed by atoms with Gasteiger partial charge in [0.05, 0.1) is 42.1 Å². The summed E-state index contributed by atoms with van der Waals surface area (Å²) in [5.74, 6) is -0.823. The summed E-state index contributed by atoms with van der Waals surface area (Å²) in [5.41, 5.74) is 6.91. The fourth-order valence-electron chi connectivity index (χ4n) is 3.68. The highest BCUT2D eigenvalue weighted by Crippen LogP contribution is 2.32. The first kappa shape index (κ1) is 23.5. The number of allylic oxidation sites excluding steroid dienone is 1. The Balaban J connectivity index is 1.68. The molecule has 170 valence electrons. The quantitative estimate of drug-likeness (QED) is 0.320. The lowest BCUT2D eigenvalue weighted by Gasteiger charge is -2.22. The highest BCUT2D eigenvalue weighted by molar-refractivity contribution is 7.80. The van der Waals surface area contributed by atoms with Crippen molar-refractivity contribution < 1.29 is 28.6 Å². The second-order valence-electron chi connectivity index (χ2n) is 7.36. The number of ketones is 2. The topological polar surface area (TPSA) is 108 Å². The predicted molar refractivity (Wildman–Crippen MR) is 122 cm³/mol. The van der Waals surface area contributed by atoms with Gasteiger partial charge in [0.15, 0.2) is 18.2 Å². The summed E-state index contributed by atoms with van der Waals surface area (Å²) >= 11 is 4.98. The molecule has 0 spiro atoms. The minimum absolute atomic E-state index is 0.0423. The Kier molecular flexibility index (Phi) is 7.63. The molecule has 3 rings (SSSR count). The molecule has 0 amide bonds. The molecule has 2 atom stereocenters. The molecule has 9 heteroatoms. The Morgan fingerprint density at radius 1 is 1.22 bits per heavy atom. The standard InChI is InChI=1S/C23H26N2O6S/c1-3-29-20-9-15(31-13-21(27)30-4-2)6-8-16(20)19(26)12-25-10-14-5-7-17(23(24)32)22(28)18(14)11-25/h5-10,17-18H,3-4,11-13H2,1-2H3,(H2,24,32). The van der Waals surface area contributed by atoms with Gasteiger partial charge < -0.3 is 24.8 Å². The van der Waals surface area contributed by atoms with E-state index in [-0.39, 0.29) is 42.2 Å². The molecule has 1 aliphatic carbocycles. The normalized spacial score (nSPS) is 19.2. The van der Waals surface area contributed by atoms with Gasteiger partial charge in [-0.15, -0.1) is 0 Å². The molecule has 1 aliphatic heterocycles. The molecule has 1 heterocycles. The SMILES string of the molecule is CCOC(=O)COc1ccc(C(=O)CN2C=C3C=CC(C(N)=S)C(=O)C3C2)c(OCC)c1. The van der Waals surface area contributed by atoms with Crippen LogP contribution in [-0.4, -0.2) is 60.3 Å². The lowest BCUT2D eigenvalue weighted by molar-refractivity contribution is -0.145. The third-order valence-corrected chi connectivity index (χ3v) is 5.40. The van der Waals surface area contributed by atoms with Crippen LogP contribution >= 0.6 is 12.2 Å². The maximum atomic E-state index is 13.0. The number of carbonyl (C=O) groups is 3. The molecule has 8 nitrogen and oxygen atoms in total. The number of fused-ring (bicyclic) bond motifs is 1. The van der Waals surface area contributed by atoms with Gasteiger partial charge in [-0.2, -0.15) is 0 Å². The summed E-state index contributed by atoms with van der Waals surface area (Å²) in [5, 5.41) is 0. The Labute approximate surface area is 192 Å². The van der Waals surface area contributed by atoms with Crippen LogP contribution in [0.25, 0.3) is 0 Å². The summed E-state index contributed by atoms with van der Waals surface area (Å²) in [4.78, 5) is 39.1. The van der Waals surface area contributed by atoms with E-state index >= 15 is 0 Å². The minimum Gasteiger partial charge on any atom is -0.493 e. The number of nitrogens with two attached hydrogens (primary N) is 1. The summed E-state index contributed by atoms with van der Waals surface area (Å²) < 4.78 is 15.9. The number of Topliss-reactive ketones (excluding diaryl/α,β-unsaturated/α-hetero) is 2. The Morgan fingerprint density at radius 3 is 2.69 bits per heavy atom. The number of hydrogen-bond donors (Lipinski definition) is 1. The van der Waals surface area contributed by atoms with Crippen LogP contribution in [-0.2, 0) is 14.3 Å². The Hall–Kier alpha value is -3.20. The van der Waals surface area contributed by atoms with E-state index in [1.54, 1.807) is 31.2 Å². The van der Waals surface area contributed by atoms with Crippen LogP contribution in [0, 0.1) is 11.8 Å². The number of carbonyl (C=O) groups excluding carboxylic acids is 3. The number of hydrogen-bond acceptors (Lipinski definition) is 8. The summed E-state index contributed by atoms with van der Waals surface area (Å²) in [6, 6.07) is 4.80. The van der Waals surface area contributed by atoms with Crippen LogP contribution in [0.15, 0.2) is 42.1 Å². The molecule has 0 aromatic heterocycles. The Morgan fingerprint density at radius 2 is 2.00 bits per heavy atom. The van der Waals surface area contributed by atoms with E-state index in [0.717, 1.165) is 5.57 Å². The van der Waals surface area contributed by atoms with E-state index in [1.807, 2.05) is 24.1 Å². The number of rotatable bonds is 10. The first-order valence-corrected chi connectivity index (χ1v) is 10.8. The number of esters is 1. The van der Waals surface area contributed by atoms with Crippen LogP contribution in [0.1, 0.15) is 24.2 Å². The molecule has 1 aromatic rings. The van der Waals surface area contributed by atoms with Gasteiger partial charge in [0.1, 0.15) is 11.5 Å². The lowest BCUT2D eigenvalue weighted by atomic mass is 9.83. The molecule has 0 saturated carbocycles. The van der Waals surface area contributed by atoms with Crippen molar-refractivity contribution in [2.24, 2.45) is 17.6 Å². The molecular formula is C23H26N2O6S. The van der Waals surface area contributed by atoms with E-state index in [0.29, 0.717) is 30.2 Å². The number of nitrogens with zero attached hydrogens (tertiary/aromatic N) is 1. The van der Waals surface area contributed by atoms with Gasteiger partial charge in [-0.25, -0.2) is 4.79 Å². The first-order valence-electron chi connectivity index (χ1n) is 10.4. The molecular weight excluding hydrogens is 432 g/mol. The van der Waals surface area contributed by atoms with E-state index in [2.05, 4.69) is 0 Å². The third-order valence-electron chi connectivity index (χ3n) is 5.15. The highest BCUT2D eigenvalue weighted by Gasteiger charge is 2.37. The molecule has 2 unspecified atom stereocenters. The highest BCUT2D eigenvalue weighted by atomic mass is 32.1. The lowest BCUT2D eigenvalue weighted by Crippen LogP contribution is -2.37. The van der Waals surface area contributed by atoms with Crippen molar-refractivity contribution in [1.29, 1.82) is 0 Å². The monoisotopic (exact) mass is 458 g/mol. The average molecular weight is 459 g/mol. The van der Waals surface area contributed by atoms with E-state index in [4.69, 9.17) is 32.2 Å². The van der Waals surface area contributed by atoms with Gasteiger partial charge in [-0.05, 0) is 31.6 Å². The van der Waals surface area contributed by atoms with E-state index < -0.39 is 11.9 Å². The number of thiocarbonyl (C=S) groups is 1. The van der Waals surface area contributed by atoms with Gasteiger partial charge in [0.25, 0.3) is 0 Å². The molecule has 0 bridgehead atoms. The zero-order valence-electron chi connectivity index (χ0n) is 18.0. The van der Waals surface area contributed by atoms with Gasteiger partial charge in [-0.3, -0.25) is 9.59 Å². The fourth-order valence-corrected chi connectivity index (χ4v) is 3.88. The molecule has 32 heavy (non-hydrogen) atoms. The van der Waals surface area contributed by atoms with Gasteiger partial charge in [0.2, 0.25) is 0 Å². The Bertz CT molecular complexity index is 987. The van der Waals surface area contributed by atoms with E-state index in [1.165, 1.54) is 0 Å². The van der Waals surface area contributed by atoms with Crippen molar-refractivity contribution in [1.82, 2.24) is 4.90 Å². The van der Waals surface area contributed by atoms with Gasteiger partial charge in [-0.1, -0.05) is 24.4 Å². The molecule has 0 fully saturated rings. The molecule has 1 aromatic carbocycles. The average Bonchev–Trinajstić information content (AvgIpc) is 3.16. The molecule has 0 radical (unpaired) electrons. The van der Waals surface area contributed by atoms with Crippen molar-refractivity contribution in [3.05, 3.63) is 47.7 Å².